The Hall–Kier alpha value is -3.68. The topological polar surface area (TPSA) is 102 Å². The van der Waals surface area contributed by atoms with Gasteiger partial charge in [-0.1, -0.05) is 0 Å². The average Bonchev–Trinajstić information content (AvgIpc) is 3.37. The molecule has 0 saturated carbocycles. The smallest absolute Gasteiger partial charge is 0.292 e. The predicted molar refractivity (Wildman–Crippen MR) is 99.3 cm³/mol. The number of H-pyrrole nitrogens is 1. The van der Waals surface area contributed by atoms with Gasteiger partial charge >= 0.3 is 0 Å². The van der Waals surface area contributed by atoms with Gasteiger partial charge in [0.1, 0.15) is 5.76 Å². The number of anilines is 1. The van der Waals surface area contributed by atoms with E-state index in [2.05, 4.69) is 25.6 Å². The summed E-state index contributed by atoms with van der Waals surface area (Å²) in [5.74, 6) is 0.941. The highest BCUT2D eigenvalue weighted by Gasteiger charge is 2.14. The van der Waals surface area contributed by atoms with Crippen LogP contribution < -0.4 is 5.32 Å². The first-order chi connectivity index (χ1) is 13.1. The number of nitrogens with one attached hydrogen (secondary N) is 2. The third kappa shape index (κ3) is 3.64. The van der Waals surface area contributed by atoms with E-state index in [9.17, 15) is 4.79 Å². The second-order valence-electron chi connectivity index (χ2n) is 6.21. The summed E-state index contributed by atoms with van der Waals surface area (Å²) in [7, 11) is 0. The number of aromatic nitrogens is 5. The predicted octanol–water partition coefficient (Wildman–Crippen LogP) is 3.18. The molecule has 0 fully saturated rings. The maximum atomic E-state index is 12.4. The van der Waals surface area contributed by atoms with Gasteiger partial charge in [0, 0.05) is 29.7 Å². The maximum Gasteiger partial charge on any atom is 0.292 e. The second-order valence-corrected chi connectivity index (χ2v) is 6.21. The Labute approximate surface area is 155 Å². The number of furan rings is 1. The van der Waals surface area contributed by atoms with Crippen LogP contribution in [-0.4, -0.2) is 30.9 Å². The van der Waals surface area contributed by atoms with Crippen LogP contribution in [0.2, 0.25) is 0 Å². The van der Waals surface area contributed by atoms with E-state index in [0.717, 1.165) is 22.6 Å². The molecule has 0 unspecified atom stereocenters. The number of hydrogen-bond acceptors (Lipinski definition) is 5. The fraction of sp³-hybridized carbons (Fsp3) is 0.158. The lowest BCUT2D eigenvalue weighted by molar-refractivity contribution is 0.0994. The van der Waals surface area contributed by atoms with Crippen molar-refractivity contribution < 1.29 is 9.21 Å². The zero-order valence-corrected chi connectivity index (χ0v) is 14.9. The molecule has 0 radical (unpaired) electrons. The summed E-state index contributed by atoms with van der Waals surface area (Å²) in [6.45, 7) is 4.39. The molecule has 1 amide bonds. The molecule has 0 saturated heterocycles. The van der Waals surface area contributed by atoms with Crippen molar-refractivity contribution in [3.8, 4) is 11.3 Å². The maximum absolute atomic E-state index is 12.4. The number of hydrogen-bond donors (Lipinski definition) is 2. The van der Waals surface area contributed by atoms with Crippen LogP contribution in [0.1, 0.15) is 27.7 Å². The Morgan fingerprint density at radius 1 is 1.19 bits per heavy atom. The zero-order valence-electron chi connectivity index (χ0n) is 14.9. The van der Waals surface area contributed by atoms with Crippen molar-refractivity contribution in [3.63, 3.8) is 0 Å². The molecular weight excluding hydrogens is 344 g/mol. The summed E-state index contributed by atoms with van der Waals surface area (Å²) in [5, 5.41) is 14.1. The third-order valence-electron chi connectivity index (χ3n) is 4.11. The van der Waals surface area contributed by atoms with Crippen molar-refractivity contribution in [3.05, 3.63) is 71.7 Å². The minimum atomic E-state index is -0.359. The highest BCUT2D eigenvalue weighted by molar-refractivity contribution is 6.01. The van der Waals surface area contributed by atoms with E-state index in [1.165, 1.54) is 0 Å². The van der Waals surface area contributed by atoms with Crippen LogP contribution in [-0.2, 0) is 6.54 Å². The fourth-order valence-electron chi connectivity index (χ4n) is 2.81. The lowest BCUT2D eigenvalue weighted by atomic mass is 10.2. The number of amides is 1. The molecule has 0 aromatic carbocycles. The molecule has 136 valence electrons. The molecular formula is C19H18N6O2. The fourth-order valence-corrected chi connectivity index (χ4v) is 2.81. The van der Waals surface area contributed by atoms with Crippen molar-refractivity contribution in [1.82, 2.24) is 25.0 Å². The van der Waals surface area contributed by atoms with Gasteiger partial charge in [-0.15, -0.1) is 0 Å². The SMILES string of the molecule is Cc1cc(C)n(Cc2ccc(C(=O)Nc3cc(-c4ccncc4)[nH]n3)o2)n1. The van der Waals surface area contributed by atoms with Crippen molar-refractivity contribution in [2.45, 2.75) is 20.4 Å². The van der Waals surface area contributed by atoms with Gasteiger partial charge in [-0.05, 0) is 44.2 Å². The van der Waals surface area contributed by atoms with Crippen molar-refractivity contribution in [2.75, 3.05) is 5.32 Å². The van der Waals surface area contributed by atoms with Gasteiger partial charge in [0.25, 0.3) is 5.91 Å². The Kier molecular flexibility index (Phi) is 4.29. The number of aryl methyl sites for hydroxylation is 2. The van der Waals surface area contributed by atoms with Crippen molar-refractivity contribution in [2.24, 2.45) is 0 Å². The van der Waals surface area contributed by atoms with E-state index >= 15 is 0 Å². The molecule has 2 N–H and O–H groups in total. The Morgan fingerprint density at radius 3 is 2.74 bits per heavy atom. The van der Waals surface area contributed by atoms with E-state index in [1.807, 2.05) is 36.7 Å². The number of rotatable bonds is 5. The summed E-state index contributed by atoms with van der Waals surface area (Å²) in [4.78, 5) is 16.4. The summed E-state index contributed by atoms with van der Waals surface area (Å²) in [6, 6.07) is 10.9. The Bertz CT molecular complexity index is 1080. The van der Waals surface area contributed by atoms with Crippen LogP contribution in [0.15, 0.2) is 53.2 Å². The van der Waals surface area contributed by atoms with Gasteiger partial charge in [-0.2, -0.15) is 10.2 Å². The van der Waals surface area contributed by atoms with E-state index in [-0.39, 0.29) is 11.7 Å². The van der Waals surface area contributed by atoms with Gasteiger partial charge in [0.2, 0.25) is 0 Å². The number of nitrogens with zero attached hydrogens (tertiary/aromatic N) is 4. The molecule has 0 bridgehead atoms. The summed E-state index contributed by atoms with van der Waals surface area (Å²) < 4.78 is 7.50. The Morgan fingerprint density at radius 2 is 2.00 bits per heavy atom. The first-order valence-electron chi connectivity index (χ1n) is 8.45. The molecule has 0 aliphatic carbocycles. The lowest BCUT2D eigenvalue weighted by Gasteiger charge is -2.01. The van der Waals surface area contributed by atoms with Crippen LogP contribution in [0.25, 0.3) is 11.3 Å². The summed E-state index contributed by atoms with van der Waals surface area (Å²) in [5.41, 5.74) is 3.70. The number of carbonyl (C=O) groups excluding carboxylic acids is 1. The van der Waals surface area contributed by atoms with Gasteiger partial charge < -0.3 is 9.73 Å². The zero-order chi connectivity index (χ0) is 18.8. The van der Waals surface area contributed by atoms with Crippen LogP contribution >= 0.6 is 0 Å². The third-order valence-corrected chi connectivity index (χ3v) is 4.11. The van der Waals surface area contributed by atoms with E-state index in [0.29, 0.717) is 18.1 Å². The molecule has 8 heteroatoms. The molecule has 0 aliphatic rings. The normalized spacial score (nSPS) is 10.9. The highest BCUT2D eigenvalue weighted by Crippen LogP contribution is 2.19. The lowest BCUT2D eigenvalue weighted by Crippen LogP contribution is -2.11. The largest absolute Gasteiger partial charge is 0.454 e. The van der Waals surface area contributed by atoms with Crippen LogP contribution in [0.5, 0.6) is 0 Å². The van der Waals surface area contributed by atoms with E-state index < -0.39 is 0 Å². The number of pyridine rings is 1. The average molecular weight is 362 g/mol. The van der Waals surface area contributed by atoms with Gasteiger partial charge in [-0.25, -0.2) is 0 Å². The highest BCUT2D eigenvalue weighted by atomic mass is 16.4. The van der Waals surface area contributed by atoms with Gasteiger partial charge in [-0.3, -0.25) is 19.6 Å². The molecule has 4 aromatic heterocycles. The van der Waals surface area contributed by atoms with E-state index in [4.69, 9.17) is 4.42 Å². The molecule has 0 spiro atoms. The van der Waals surface area contributed by atoms with Crippen molar-refractivity contribution >= 4 is 11.7 Å². The molecule has 27 heavy (non-hydrogen) atoms. The number of aromatic amines is 1. The van der Waals surface area contributed by atoms with Crippen LogP contribution in [0.3, 0.4) is 0 Å². The molecule has 0 aliphatic heterocycles. The van der Waals surface area contributed by atoms with Gasteiger partial charge in [0.05, 0.1) is 17.9 Å². The van der Waals surface area contributed by atoms with E-state index in [1.54, 1.807) is 30.6 Å². The molecule has 4 rings (SSSR count). The second kappa shape index (κ2) is 6.91. The monoisotopic (exact) mass is 362 g/mol. The first-order valence-corrected chi connectivity index (χ1v) is 8.45. The molecule has 4 heterocycles. The van der Waals surface area contributed by atoms with Crippen LogP contribution in [0.4, 0.5) is 5.82 Å². The molecule has 0 atom stereocenters. The minimum absolute atomic E-state index is 0.222. The standard InChI is InChI=1S/C19H18N6O2/c1-12-9-13(2)25(24-12)11-15-3-4-17(27-15)19(26)21-18-10-16(22-23-18)14-5-7-20-8-6-14/h3-10H,11H2,1-2H3,(H2,21,22,23,26). The van der Waals surface area contributed by atoms with Crippen LogP contribution in [0, 0.1) is 13.8 Å². The molecule has 8 nitrogen and oxygen atoms in total. The van der Waals surface area contributed by atoms with Gasteiger partial charge in [0.15, 0.2) is 11.6 Å². The van der Waals surface area contributed by atoms with Crippen molar-refractivity contribution in [1.29, 1.82) is 0 Å². The molecule has 4 aromatic rings. The first kappa shape index (κ1) is 16.8. The Balaban J connectivity index is 1.44. The number of carbonyl (C=O) groups is 1. The summed E-state index contributed by atoms with van der Waals surface area (Å²) in [6.07, 6.45) is 3.39. The summed E-state index contributed by atoms with van der Waals surface area (Å²) >= 11 is 0. The quantitative estimate of drug-likeness (QED) is 0.568. The minimum Gasteiger partial charge on any atom is -0.454 e.